The lowest BCUT2D eigenvalue weighted by molar-refractivity contribution is -0.127. The van der Waals surface area contributed by atoms with E-state index in [1.165, 1.54) is 5.69 Å². The predicted octanol–water partition coefficient (Wildman–Crippen LogP) is 3.76. The number of hydrogen-bond acceptors (Lipinski definition) is 7. The normalized spacial score (nSPS) is 19.0. The molecule has 1 atom stereocenters. The number of carbonyl (C=O) groups is 1. The van der Waals surface area contributed by atoms with Gasteiger partial charge in [0.05, 0.1) is 25.7 Å². The molecule has 9 heteroatoms. The molecule has 0 aliphatic carbocycles. The van der Waals surface area contributed by atoms with E-state index < -0.39 is 0 Å². The molecule has 2 fully saturated rings. The van der Waals surface area contributed by atoms with Crippen LogP contribution in [-0.4, -0.2) is 60.3 Å². The summed E-state index contributed by atoms with van der Waals surface area (Å²) in [5.41, 5.74) is 3.12. The number of ether oxygens (including phenoxy) is 1. The van der Waals surface area contributed by atoms with Crippen LogP contribution in [0.2, 0.25) is 5.02 Å². The number of likely N-dealkylation sites (tertiary alicyclic amines) is 1. The molecule has 0 bridgehead atoms. The summed E-state index contributed by atoms with van der Waals surface area (Å²) in [5, 5.41) is 7.84. The van der Waals surface area contributed by atoms with Crippen LogP contribution in [0.15, 0.2) is 53.1 Å². The Bertz CT molecular complexity index is 1130. The number of halogens is 1. The topological polar surface area (TPSA) is 83.7 Å². The molecule has 1 aromatic heterocycles. The average molecular weight is 496 g/mol. The first-order valence-electron chi connectivity index (χ1n) is 12.1. The first-order valence-corrected chi connectivity index (χ1v) is 12.5. The molecule has 184 valence electrons. The van der Waals surface area contributed by atoms with E-state index in [1.54, 1.807) is 0 Å². The van der Waals surface area contributed by atoms with Crippen LogP contribution >= 0.6 is 11.6 Å². The molecule has 2 aliphatic rings. The van der Waals surface area contributed by atoms with Crippen molar-refractivity contribution in [3.63, 3.8) is 0 Å². The van der Waals surface area contributed by atoms with Crippen molar-refractivity contribution < 1.29 is 14.1 Å². The molecule has 3 heterocycles. The van der Waals surface area contributed by atoms with E-state index in [9.17, 15) is 4.79 Å². The van der Waals surface area contributed by atoms with E-state index >= 15 is 0 Å². The van der Waals surface area contributed by atoms with Gasteiger partial charge in [0.15, 0.2) is 0 Å². The van der Waals surface area contributed by atoms with Crippen LogP contribution in [0.1, 0.15) is 24.3 Å². The number of carbonyl (C=O) groups excluding carboxylic acids is 1. The van der Waals surface area contributed by atoms with Crippen LogP contribution in [-0.2, 0) is 22.6 Å². The Kier molecular flexibility index (Phi) is 7.61. The third-order valence-electron chi connectivity index (χ3n) is 6.57. The standard InChI is InChI=1S/C26H30ClN5O3/c27-22-5-1-3-20(15-22)25-29-24(35-30-25)18-31-10-2-4-21(17-31)26(33)28-16-19-6-8-23(9-7-19)32-11-13-34-14-12-32/h1,3,5-9,15,21H,2,4,10-14,16-18H2,(H,28,33). The summed E-state index contributed by atoms with van der Waals surface area (Å²) in [6.07, 6.45) is 1.84. The minimum atomic E-state index is -0.0494. The van der Waals surface area contributed by atoms with Crippen molar-refractivity contribution in [3.05, 3.63) is 65.0 Å². The van der Waals surface area contributed by atoms with Gasteiger partial charge in [0.2, 0.25) is 17.6 Å². The van der Waals surface area contributed by atoms with Crippen LogP contribution in [0, 0.1) is 5.92 Å². The van der Waals surface area contributed by atoms with Crippen molar-refractivity contribution in [2.75, 3.05) is 44.3 Å². The highest BCUT2D eigenvalue weighted by Gasteiger charge is 2.27. The number of benzene rings is 2. The summed E-state index contributed by atoms with van der Waals surface area (Å²) in [7, 11) is 0. The lowest BCUT2D eigenvalue weighted by Crippen LogP contribution is -2.42. The number of amides is 1. The van der Waals surface area contributed by atoms with E-state index in [0.717, 1.165) is 56.8 Å². The molecular formula is C26H30ClN5O3. The molecule has 0 spiro atoms. The third kappa shape index (κ3) is 6.20. The minimum absolute atomic E-state index is 0.0494. The molecule has 2 aromatic carbocycles. The fourth-order valence-corrected chi connectivity index (χ4v) is 4.84. The molecule has 1 N–H and O–H groups in total. The largest absolute Gasteiger partial charge is 0.378 e. The number of nitrogens with zero attached hydrogens (tertiary/aromatic N) is 4. The van der Waals surface area contributed by atoms with Gasteiger partial charge in [0.25, 0.3) is 0 Å². The Morgan fingerprint density at radius 2 is 1.94 bits per heavy atom. The average Bonchev–Trinajstić information content (AvgIpc) is 3.37. The minimum Gasteiger partial charge on any atom is -0.378 e. The molecule has 35 heavy (non-hydrogen) atoms. The van der Waals surface area contributed by atoms with Crippen molar-refractivity contribution in [3.8, 4) is 11.4 Å². The maximum atomic E-state index is 12.9. The molecule has 0 saturated carbocycles. The quantitative estimate of drug-likeness (QED) is 0.534. The number of piperidine rings is 1. The smallest absolute Gasteiger partial charge is 0.241 e. The van der Waals surface area contributed by atoms with Gasteiger partial charge in [0.1, 0.15) is 0 Å². The molecule has 5 rings (SSSR count). The molecule has 1 unspecified atom stereocenters. The highest BCUT2D eigenvalue weighted by Crippen LogP contribution is 2.22. The first-order chi connectivity index (χ1) is 17.1. The Morgan fingerprint density at radius 3 is 2.74 bits per heavy atom. The van der Waals surface area contributed by atoms with Gasteiger partial charge >= 0.3 is 0 Å². The number of aromatic nitrogens is 2. The van der Waals surface area contributed by atoms with Gasteiger partial charge in [-0.3, -0.25) is 9.69 Å². The summed E-state index contributed by atoms with van der Waals surface area (Å²) in [4.78, 5) is 21.9. The zero-order chi connectivity index (χ0) is 24.0. The zero-order valence-electron chi connectivity index (χ0n) is 19.7. The monoisotopic (exact) mass is 495 g/mol. The fraction of sp³-hybridized carbons (Fsp3) is 0.423. The number of morpholine rings is 1. The van der Waals surface area contributed by atoms with Gasteiger partial charge in [-0.2, -0.15) is 4.98 Å². The zero-order valence-corrected chi connectivity index (χ0v) is 20.4. The van der Waals surface area contributed by atoms with Crippen molar-refractivity contribution in [1.29, 1.82) is 0 Å². The van der Waals surface area contributed by atoms with Gasteiger partial charge < -0.3 is 19.5 Å². The number of rotatable bonds is 7. The van der Waals surface area contributed by atoms with Gasteiger partial charge in [-0.25, -0.2) is 0 Å². The first kappa shape index (κ1) is 23.8. The van der Waals surface area contributed by atoms with Crippen molar-refractivity contribution >= 4 is 23.2 Å². The van der Waals surface area contributed by atoms with Gasteiger partial charge in [-0.15, -0.1) is 0 Å². The Labute approximate surface area is 210 Å². The lowest BCUT2D eigenvalue weighted by atomic mass is 9.97. The van der Waals surface area contributed by atoms with Crippen molar-refractivity contribution in [2.24, 2.45) is 5.92 Å². The highest BCUT2D eigenvalue weighted by molar-refractivity contribution is 6.30. The van der Waals surface area contributed by atoms with Gasteiger partial charge in [-0.1, -0.05) is 41.0 Å². The van der Waals surface area contributed by atoms with Crippen molar-refractivity contribution in [1.82, 2.24) is 20.4 Å². The van der Waals surface area contributed by atoms with Crippen LogP contribution in [0.5, 0.6) is 0 Å². The number of nitrogens with one attached hydrogen (secondary N) is 1. The molecule has 2 aliphatic heterocycles. The summed E-state index contributed by atoms with van der Waals surface area (Å²) in [6, 6.07) is 15.8. The van der Waals surface area contributed by atoms with E-state index in [-0.39, 0.29) is 11.8 Å². The summed E-state index contributed by atoms with van der Waals surface area (Å²) >= 11 is 6.07. The van der Waals surface area contributed by atoms with E-state index in [2.05, 4.69) is 49.5 Å². The summed E-state index contributed by atoms with van der Waals surface area (Å²) in [6.45, 7) is 6.02. The molecular weight excluding hydrogens is 466 g/mol. The van der Waals surface area contributed by atoms with Crippen molar-refractivity contribution in [2.45, 2.75) is 25.9 Å². The summed E-state index contributed by atoms with van der Waals surface area (Å²) < 4.78 is 10.9. The van der Waals surface area contributed by atoms with Crippen LogP contribution in [0.3, 0.4) is 0 Å². The Morgan fingerprint density at radius 1 is 1.11 bits per heavy atom. The van der Waals surface area contributed by atoms with Gasteiger partial charge in [-0.05, 0) is 49.2 Å². The third-order valence-corrected chi connectivity index (χ3v) is 6.80. The second kappa shape index (κ2) is 11.2. The van der Waals surface area contributed by atoms with Crippen LogP contribution < -0.4 is 10.2 Å². The van der Waals surface area contributed by atoms with Crippen LogP contribution in [0.25, 0.3) is 11.4 Å². The number of hydrogen-bond donors (Lipinski definition) is 1. The van der Waals surface area contributed by atoms with E-state index in [0.29, 0.717) is 36.4 Å². The second-order valence-electron chi connectivity index (χ2n) is 9.08. The predicted molar refractivity (Wildman–Crippen MR) is 134 cm³/mol. The van der Waals surface area contributed by atoms with E-state index in [4.69, 9.17) is 20.9 Å². The van der Waals surface area contributed by atoms with Gasteiger partial charge in [0, 0.05) is 42.5 Å². The fourth-order valence-electron chi connectivity index (χ4n) is 4.65. The highest BCUT2D eigenvalue weighted by atomic mass is 35.5. The maximum absolute atomic E-state index is 12.9. The second-order valence-corrected chi connectivity index (χ2v) is 9.52. The van der Waals surface area contributed by atoms with Crippen LogP contribution in [0.4, 0.5) is 5.69 Å². The molecule has 1 amide bonds. The Hall–Kier alpha value is -2.94. The molecule has 2 saturated heterocycles. The molecule has 3 aromatic rings. The lowest BCUT2D eigenvalue weighted by Gasteiger charge is -2.31. The van der Waals surface area contributed by atoms with E-state index in [1.807, 2.05) is 24.3 Å². The number of anilines is 1. The SMILES string of the molecule is O=C(NCc1ccc(N2CCOCC2)cc1)C1CCCN(Cc2nc(-c3cccc(Cl)c3)no2)C1. The Balaban J connectivity index is 1.11. The molecule has 8 nitrogen and oxygen atoms in total. The summed E-state index contributed by atoms with van der Waals surface area (Å²) in [5.74, 6) is 1.11. The molecule has 0 radical (unpaired) electrons. The maximum Gasteiger partial charge on any atom is 0.241 e.